The third-order valence-electron chi connectivity index (χ3n) is 4.20. The molecule has 1 unspecified atom stereocenters. The Bertz CT molecular complexity index is 809. The molecular formula is C22H31FIN3O4. The first kappa shape index (κ1) is 26.6. The van der Waals surface area contributed by atoms with Gasteiger partial charge in [-0.3, -0.25) is 0 Å². The molecule has 9 heteroatoms. The van der Waals surface area contributed by atoms with Crippen molar-refractivity contribution >= 4 is 29.9 Å². The van der Waals surface area contributed by atoms with Crippen molar-refractivity contribution < 1.29 is 23.3 Å². The summed E-state index contributed by atoms with van der Waals surface area (Å²) in [6, 6.07) is 9.70. The highest BCUT2D eigenvalue weighted by Crippen LogP contribution is 2.38. The standard InChI is InChI=1S/C22H30FN3O4.HI/c1-6-24-22(25-13-15(2)30-18-9-7-17(23)8-10-18)26-14-16-11-19(27-3)21(29-5)20(12-16)28-4;/h7-12,15H,6,13-14H2,1-5H3,(H2,24,25,26);1H. The number of nitrogens with one attached hydrogen (secondary N) is 2. The van der Waals surface area contributed by atoms with E-state index in [1.165, 1.54) is 12.1 Å². The minimum atomic E-state index is -0.290. The molecule has 0 aliphatic carbocycles. The molecule has 2 N–H and O–H groups in total. The van der Waals surface area contributed by atoms with Crippen LogP contribution in [0.3, 0.4) is 0 Å². The molecule has 0 saturated heterocycles. The van der Waals surface area contributed by atoms with Crippen LogP contribution in [0.25, 0.3) is 0 Å². The summed E-state index contributed by atoms with van der Waals surface area (Å²) in [7, 11) is 4.73. The van der Waals surface area contributed by atoms with Crippen LogP contribution in [0, 0.1) is 5.82 Å². The SMILES string of the molecule is CCNC(=NCc1cc(OC)c(OC)c(OC)c1)NCC(C)Oc1ccc(F)cc1.I. The Labute approximate surface area is 200 Å². The second-order valence-corrected chi connectivity index (χ2v) is 6.49. The van der Waals surface area contributed by atoms with Gasteiger partial charge in [0.25, 0.3) is 0 Å². The Morgan fingerprint density at radius 1 is 1.00 bits per heavy atom. The fraction of sp³-hybridized carbons (Fsp3) is 0.409. The van der Waals surface area contributed by atoms with Gasteiger partial charge in [-0.05, 0) is 55.8 Å². The molecule has 2 aromatic rings. The second-order valence-electron chi connectivity index (χ2n) is 6.49. The van der Waals surface area contributed by atoms with Crippen LogP contribution in [0.4, 0.5) is 4.39 Å². The molecule has 0 spiro atoms. The number of halogens is 2. The molecule has 7 nitrogen and oxygen atoms in total. The van der Waals surface area contributed by atoms with E-state index in [2.05, 4.69) is 15.6 Å². The third-order valence-corrected chi connectivity index (χ3v) is 4.20. The Hall–Kier alpha value is -2.43. The van der Waals surface area contributed by atoms with E-state index in [0.717, 1.165) is 5.56 Å². The van der Waals surface area contributed by atoms with Gasteiger partial charge < -0.3 is 29.6 Å². The van der Waals surface area contributed by atoms with Gasteiger partial charge >= 0.3 is 0 Å². The smallest absolute Gasteiger partial charge is 0.203 e. The first-order chi connectivity index (χ1) is 14.5. The molecule has 0 bridgehead atoms. The monoisotopic (exact) mass is 547 g/mol. The van der Waals surface area contributed by atoms with E-state index >= 15 is 0 Å². The Balaban J connectivity index is 0.00000480. The van der Waals surface area contributed by atoms with Gasteiger partial charge in [0, 0.05) is 6.54 Å². The van der Waals surface area contributed by atoms with Gasteiger partial charge in [-0.25, -0.2) is 9.38 Å². The highest BCUT2D eigenvalue weighted by Gasteiger charge is 2.13. The molecule has 31 heavy (non-hydrogen) atoms. The van der Waals surface area contributed by atoms with E-state index in [1.54, 1.807) is 33.5 Å². The number of methoxy groups -OCH3 is 3. The zero-order valence-electron chi connectivity index (χ0n) is 18.5. The molecule has 0 aromatic heterocycles. The molecular weight excluding hydrogens is 516 g/mol. The second kappa shape index (κ2) is 13.8. The van der Waals surface area contributed by atoms with Crippen LogP contribution in [0.1, 0.15) is 19.4 Å². The molecule has 0 aliphatic heterocycles. The number of nitrogens with zero attached hydrogens (tertiary/aromatic N) is 1. The number of benzene rings is 2. The van der Waals surface area contributed by atoms with Crippen LogP contribution in [0.2, 0.25) is 0 Å². The molecule has 2 rings (SSSR count). The van der Waals surface area contributed by atoms with E-state index in [-0.39, 0.29) is 35.9 Å². The fourth-order valence-electron chi connectivity index (χ4n) is 2.77. The maximum Gasteiger partial charge on any atom is 0.203 e. The molecule has 172 valence electrons. The van der Waals surface area contributed by atoms with E-state index in [0.29, 0.717) is 48.6 Å². The van der Waals surface area contributed by atoms with E-state index in [4.69, 9.17) is 18.9 Å². The molecule has 0 saturated carbocycles. The summed E-state index contributed by atoms with van der Waals surface area (Å²) in [5.74, 6) is 2.69. The van der Waals surface area contributed by atoms with Gasteiger partial charge in [-0.1, -0.05) is 0 Å². The Morgan fingerprint density at radius 2 is 1.61 bits per heavy atom. The summed E-state index contributed by atoms with van der Waals surface area (Å²) >= 11 is 0. The lowest BCUT2D eigenvalue weighted by atomic mass is 10.2. The predicted octanol–water partition coefficient (Wildman–Crippen LogP) is 3.99. The van der Waals surface area contributed by atoms with Gasteiger partial charge in [0.1, 0.15) is 17.7 Å². The van der Waals surface area contributed by atoms with Crippen LogP contribution in [-0.2, 0) is 6.54 Å². The van der Waals surface area contributed by atoms with Gasteiger partial charge in [0.2, 0.25) is 5.75 Å². The summed E-state index contributed by atoms with van der Waals surface area (Å²) in [6.07, 6.45) is -0.138. The lowest BCUT2D eigenvalue weighted by Crippen LogP contribution is -2.41. The van der Waals surface area contributed by atoms with Crippen molar-refractivity contribution in [2.45, 2.75) is 26.5 Å². The van der Waals surface area contributed by atoms with Crippen molar-refractivity contribution in [1.29, 1.82) is 0 Å². The van der Waals surface area contributed by atoms with E-state index < -0.39 is 0 Å². The normalized spacial score (nSPS) is 11.7. The largest absolute Gasteiger partial charge is 0.493 e. The van der Waals surface area contributed by atoms with Crippen molar-refractivity contribution in [2.24, 2.45) is 4.99 Å². The lowest BCUT2D eigenvalue weighted by Gasteiger charge is -2.18. The number of ether oxygens (including phenoxy) is 4. The van der Waals surface area contributed by atoms with E-state index in [1.807, 2.05) is 26.0 Å². The zero-order chi connectivity index (χ0) is 21.9. The third kappa shape index (κ3) is 8.31. The van der Waals surface area contributed by atoms with Crippen LogP contribution in [-0.4, -0.2) is 46.5 Å². The predicted molar refractivity (Wildman–Crippen MR) is 131 cm³/mol. The molecule has 0 amide bonds. The summed E-state index contributed by atoms with van der Waals surface area (Å²) < 4.78 is 34.9. The molecule has 0 radical (unpaired) electrons. The van der Waals surface area contributed by atoms with Crippen LogP contribution in [0.15, 0.2) is 41.4 Å². The van der Waals surface area contributed by atoms with Crippen molar-refractivity contribution in [3.05, 3.63) is 47.8 Å². The van der Waals surface area contributed by atoms with Crippen LogP contribution < -0.4 is 29.6 Å². The topological polar surface area (TPSA) is 73.3 Å². The highest BCUT2D eigenvalue weighted by atomic mass is 127. The number of hydrogen-bond donors (Lipinski definition) is 2. The van der Waals surface area contributed by atoms with Crippen molar-refractivity contribution in [3.63, 3.8) is 0 Å². The maximum absolute atomic E-state index is 13.0. The summed E-state index contributed by atoms with van der Waals surface area (Å²) in [6.45, 7) is 5.58. The fourth-order valence-corrected chi connectivity index (χ4v) is 2.77. The summed E-state index contributed by atoms with van der Waals surface area (Å²) in [4.78, 5) is 4.62. The quantitative estimate of drug-likeness (QED) is 0.266. The number of rotatable bonds is 10. The Kier molecular flexibility index (Phi) is 11.8. The molecule has 0 fully saturated rings. The first-order valence-electron chi connectivity index (χ1n) is 9.74. The average molecular weight is 547 g/mol. The van der Waals surface area contributed by atoms with E-state index in [9.17, 15) is 4.39 Å². The van der Waals surface area contributed by atoms with Gasteiger partial charge in [0.15, 0.2) is 17.5 Å². The van der Waals surface area contributed by atoms with Crippen molar-refractivity contribution in [2.75, 3.05) is 34.4 Å². The lowest BCUT2D eigenvalue weighted by molar-refractivity contribution is 0.223. The minimum absolute atomic E-state index is 0. The van der Waals surface area contributed by atoms with Crippen LogP contribution >= 0.6 is 24.0 Å². The maximum atomic E-state index is 13.0. The number of guanidine groups is 1. The van der Waals surface area contributed by atoms with Crippen LogP contribution in [0.5, 0.6) is 23.0 Å². The van der Waals surface area contributed by atoms with Crippen molar-refractivity contribution in [1.82, 2.24) is 10.6 Å². The molecule has 1 atom stereocenters. The number of hydrogen-bond acceptors (Lipinski definition) is 5. The zero-order valence-corrected chi connectivity index (χ0v) is 20.9. The Morgan fingerprint density at radius 3 is 2.13 bits per heavy atom. The minimum Gasteiger partial charge on any atom is -0.493 e. The van der Waals surface area contributed by atoms with Crippen molar-refractivity contribution in [3.8, 4) is 23.0 Å². The average Bonchev–Trinajstić information content (AvgIpc) is 2.76. The van der Waals surface area contributed by atoms with Gasteiger partial charge in [-0.15, -0.1) is 24.0 Å². The highest BCUT2D eigenvalue weighted by molar-refractivity contribution is 14.0. The molecule has 0 aliphatic rings. The van der Waals surface area contributed by atoms with Gasteiger partial charge in [-0.2, -0.15) is 0 Å². The summed E-state index contributed by atoms with van der Waals surface area (Å²) in [5.41, 5.74) is 0.914. The summed E-state index contributed by atoms with van der Waals surface area (Å²) in [5, 5.41) is 6.46. The molecule has 0 heterocycles. The first-order valence-corrected chi connectivity index (χ1v) is 9.74. The van der Waals surface area contributed by atoms with Gasteiger partial charge in [0.05, 0.1) is 34.4 Å². The number of aliphatic imine (C=N–C) groups is 1. The molecule has 2 aromatic carbocycles.